The molecule has 0 aliphatic heterocycles. The average molecular weight is 806 g/mol. The monoisotopic (exact) mass is 805 g/mol. The van der Waals surface area contributed by atoms with Gasteiger partial charge in [-0.25, -0.2) is 8.42 Å². The Labute approximate surface area is 340 Å². The van der Waals surface area contributed by atoms with Gasteiger partial charge in [0.15, 0.2) is 15.6 Å². The molecule has 1 aromatic rings. The molecule has 314 valence electrons. The molecule has 0 bridgehead atoms. The van der Waals surface area contributed by atoms with E-state index in [2.05, 4.69) is 53.8 Å². The molecular weight excluding hydrogens is 739 g/mol. The quantitative estimate of drug-likeness (QED) is 0.236. The van der Waals surface area contributed by atoms with Gasteiger partial charge in [-0.2, -0.15) is 0 Å². The van der Waals surface area contributed by atoms with Crippen LogP contribution < -0.4 is 5.32 Å². The summed E-state index contributed by atoms with van der Waals surface area (Å²) >= 11 is 0. The summed E-state index contributed by atoms with van der Waals surface area (Å²) in [5.41, 5.74) is 1.74. The summed E-state index contributed by atoms with van der Waals surface area (Å²) in [6, 6.07) is 6.63. The summed E-state index contributed by atoms with van der Waals surface area (Å²) < 4.78 is 30.3. The molecular formula is C47H67NO8S. The lowest BCUT2D eigenvalue weighted by molar-refractivity contribution is -0.236. The minimum absolute atomic E-state index is 0.0236. The van der Waals surface area contributed by atoms with Gasteiger partial charge in [0.2, 0.25) is 5.91 Å². The van der Waals surface area contributed by atoms with Crippen molar-refractivity contribution in [1.29, 1.82) is 0 Å². The highest BCUT2D eigenvalue weighted by atomic mass is 32.2. The van der Waals surface area contributed by atoms with Crippen LogP contribution in [-0.4, -0.2) is 49.5 Å². The number of carboxylic acids is 1. The first-order chi connectivity index (χ1) is 26.3. The molecule has 0 radical (unpaired) electrons. The van der Waals surface area contributed by atoms with Crippen molar-refractivity contribution in [1.82, 2.24) is 5.32 Å². The lowest BCUT2D eigenvalue weighted by atomic mass is 9.33. The number of nitrogens with one attached hydrogen (secondary N) is 1. The number of hydrogen-bond donors (Lipinski definition) is 2. The minimum Gasteiger partial charge on any atom is -0.481 e. The third-order valence-corrected chi connectivity index (χ3v) is 19.1. The Hall–Kier alpha value is -3.01. The molecule has 0 heterocycles. The number of carboxylic acid groups (broad SMARTS) is 1. The smallest absolute Gasteiger partial charge is 0.309 e. The van der Waals surface area contributed by atoms with Gasteiger partial charge in [-0.05, 0) is 126 Å². The van der Waals surface area contributed by atoms with E-state index in [1.807, 2.05) is 13.8 Å². The Morgan fingerprint density at radius 1 is 0.842 bits per heavy atom. The highest BCUT2D eigenvalue weighted by Crippen LogP contribution is 2.77. The molecule has 6 aliphatic rings. The van der Waals surface area contributed by atoms with E-state index < -0.39 is 38.5 Å². The van der Waals surface area contributed by atoms with E-state index in [0.717, 1.165) is 62.5 Å². The molecule has 0 saturated heterocycles. The van der Waals surface area contributed by atoms with Crippen molar-refractivity contribution in [3.63, 3.8) is 0 Å². The van der Waals surface area contributed by atoms with Gasteiger partial charge < -0.3 is 15.2 Å². The predicted molar refractivity (Wildman–Crippen MR) is 218 cm³/mol. The van der Waals surface area contributed by atoms with E-state index >= 15 is 0 Å². The second-order valence-electron chi connectivity index (χ2n) is 21.6. The van der Waals surface area contributed by atoms with Gasteiger partial charge in [-0.1, -0.05) is 80.0 Å². The molecule has 0 unspecified atom stereocenters. The van der Waals surface area contributed by atoms with Gasteiger partial charge in [0, 0.05) is 36.5 Å². The molecule has 1 aromatic carbocycles. The van der Waals surface area contributed by atoms with Crippen molar-refractivity contribution in [2.45, 2.75) is 150 Å². The van der Waals surface area contributed by atoms with Crippen LogP contribution in [0.4, 0.5) is 0 Å². The summed E-state index contributed by atoms with van der Waals surface area (Å²) in [6.07, 6.45) is 9.68. The maximum Gasteiger partial charge on any atom is 0.309 e. The van der Waals surface area contributed by atoms with Crippen LogP contribution in [0.3, 0.4) is 0 Å². The molecule has 1 amide bonds. The van der Waals surface area contributed by atoms with Crippen molar-refractivity contribution in [3.8, 4) is 0 Å². The Kier molecular flexibility index (Phi) is 10.2. The topological polar surface area (TPSA) is 144 Å². The second-order valence-corrected chi connectivity index (χ2v) is 23.6. The van der Waals surface area contributed by atoms with E-state index in [4.69, 9.17) is 4.74 Å². The first-order valence-electron chi connectivity index (χ1n) is 21.6. The first-order valence-corrected chi connectivity index (χ1v) is 23.5. The molecule has 2 N–H and O–H groups in total. The highest BCUT2D eigenvalue weighted by Gasteiger charge is 2.70. The predicted octanol–water partition coefficient (Wildman–Crippen LogP) is 8.74. The molecule has 10 atom stereocenters. The number of esters is 1. The molecule has 7 rings (SSSR count). The van der Waals surface area contributed by atoms with Gasteiger partial charge in [-0.15, -0.1) is 0 Å². The van der Waals surface area contributed by atoms with Crippen molar-refractivity contribution >= 4 is 33.5 Å². The van der Waals surface area contributed by atoms with Crippen molar-refractivity contribution in [3.05, 3.63) is 41.0 Å². The summed E-state index contributed by atoms with van der Waals surface area (Å²) in [4.78, 5) is 53.6. The Bertz CT molecular complexity index is 2000. The number of hydrogen-bond acceptors (Lipinski definition) is 7. The zero-order valence-electron chi connectivity index (χ0n) is 36.0. The van der Waals surface area contributed by atoms with E-state index in [0.29, 0.717) is 31.2 Å². The van der Waals surface area contributed by atoms with Crippen LogP contribution >= 0.6 is 0 Å². The van der Waals surface area contributed by atoms with E-state index in [9.17, 15) is 32.7 Å². The van der Waals surface area contributed by atoms with E-state index in [-0.39, 0.29) is 68.6 Å². The van der Waals surface area contributed by atoms with Gasteiger partial charge in [-0.3, -0.25) is 19.2 Å². The largest absolute Gasteiger partial charge is 0.481 e. The normalized spacial score (nSPS) is 39.2. The summed E-state index contributed by atoms with van der Waals surface area (Å²) in [5.74, 6) is -0.749. The van der Waals surface area contributed by atoms with Crippen LogP contribution in [0, 0.1) is 68.0 Å². The molecule has 0 aromatic heterocycles. The zero-order valence-corrected chi connectivity index (χ0v) is 36.9. The Morgan fingerprint density at radius 2 is 1.51 bits per heavy atom. The van der Waals surface area contributed by atoms with Crippen LogP contribution in [0.5, 0.6) is 0 Å². The van der Waals surface area contributed by atoms with Crippen molar-refractivity contribution < 1.29 is 37.4 Å². The summed E-state index contributed by atoms with van der Waals surface area (Å²) in [5, 5.41) is 12.8. The number of allylic oxidation sites excluding steroid dienone is 2. The van der Waals surface area contributed by atoms with Crippen LogP contribution in [0.25, 0.3) is 0 Å². The number of amides is 1. The zero-order chi connectivity index (χ0) is 41.9. The maximum atomic E-state index is 14.1. The third-order valence-electron chi connectivity index (χ3n) is 18.0. The van der Waals surface area contributed by atoms with E-state index in [1.54, 1.807) is 24.3 Å². The van der Waals surface area contributed by atoms with Gasteiger partial charge in [0.25, 0.3) is 0 Å². The van der Waals surface area contributed by atoms with Crippen LogP contribution in [0.1, 0.15) is 139 Å². The lowest BCUT2D eigenvalue weighted by Crippen LogP contribution is -2.66. The molecule has 5 fully saturated rings. The number of benzene rings is 1. The standard InChI is InChI=1S/C47H67NO8S/c1-27(2)38-33(49)24-47(25-37(50)48-26-28-11-13-29(14-12-28)57(10,54)55)22-21-45(8)30(39(38)47)15-16-35-44(7)19-18-36(43(5,6)34(44)17-20-46(35,45)9)56-41(53)32-23-31(40(51)52)42(32,3)4/h11-14,27,30-32,34-36H,15-26H2,1-10H3,(H,48,50)(H,51,52)/t30-,31+,32-,34+,35-,36+,44+,45-,46-,47+/m1/s1. The number of ketones is 1. The summed E-state index contributed by atoms with van der Waals surface area (Å²) in [6.45, 7) is 20.5. The van der Waals surface area contributed by atoms with Gasteiger partial charge >= 0.3 is 11.9 Å². The minimum atomic E-state index is -3.31. The first kappa shape index (κ1) is 42.1. The number of aliphatic carboxylic acids is 1. The number of rotatable bonds is 9. The number of carbonyl (C=O) groups is 4. The fourth-order valence-electron chi connectivity index (χ4n) is 14.5. The number of carbonyl (C=O) groups excluding carboxylic acids is 3. The Balaban J connectivity index is 1.11. The van der Waals surface area contributed by atoms with E-state index in [1.165, 1.54) is 11.8 Å². The van der Waals surface area contributed by atoms with Crippen molar-refractivity contribution in [2.24, 2.45) is 68.0 Å². The van der Waals surface area contributed by atoms with Crippen LogP contribution in [0.2, 0.25) is 0 Å². The molecule has 6 aliphatic carbocycles. The second kappa shape index (κ2) is 13.8. The SMILES string of the molecule is CC(C)C1=C2[C@H]3CC[C@@H]4[C@@]5(C)CC[C@H](OC(=O)[C@H]6C[C@@H](C(=O)O)C6(C)C)C(C)(C)[C@@H]5CC[C@@]4(C)[C@]3(C)CC[C@@]2(CC(=O)NCc2ccc(S(C)(=O)=O)cc2)CC1=O. The number of Topliss-reactive ketones (excluding diaryl/α,β-unsaturated/α-hetero) is 1. The van der Waals surface area contributed by atoms with Crippen LogP contribution in [-0.2, 0) is 40.3 Å². The molecule has 9 nitrogen and oxygen atoms in total. The average Bonchev–Trinajstić information content (AvgIpc) is 3.39. The summed E-state index contributed by atoms with van der Waals surface area (Å²) in [7, 11) is -3.31. The fourth-order valence-corrected chi connectivity index (χ4v) is 15.2. The fraction of sp³-hybridized carbons (Fsp3) is 0.745. The maximum absolute atomic E-state index is 14.1. The number of ether oxygens (including phenoxy) is 1. The Morgan fingerprint density at radius 3 is 2.11 bits per heavy atom. The molecule has 10 heteroatoms. The number of fused-ring (bicyclic) bond motifs is 7. The number of sulfone groups is 1. The highest BCUT2D eigenvalue weighted by molar-refractivity contribution is 7.90. The third kappa shape index (κ3) is 6.38. The molecule has 57 heavy (non-hydrogen) atoms. The van der Waals surface area contributed by atoms with Crippen LogP contribution in [0.15, 0.2) is 40.3 Å². The van der Waals surface area contributed by atoms with Gasteiger partial charge in [0.05, 0.1) is 16.7 Å². The van der Waals surface area contributed by atoms with Gasteiger partial charge in [0.1, 0.15) is 6.10 Å². The van der Waals surface area contributed by atoms with Crippen molar-refractivity contribution in [2.75, 3.05) is 6.26 Å². The lowest BCUT2D eigenvalue weighted by Gasteiger charge is -2.72. The molecule has 5 saturated carbocycles. The molecule has 0 spiro atoms.